The average molecular weight is 315 g/mol. The van der Waals surface area contributed by atoms with Gasteiger partial charge in [-0.1, -0.05) is 25.2 Å². The van der Waals surface area contributed by atoms with Gasteiger partial charge in [0.25, 0.3) is 5.91 Å². The molecule has 0 aliphatic carbocycles. The molecule has 0 saturated heterocycles. The molecule has 0 atom stereocenters. The van der Waals surface area contributed by atoms with Crippen molar-refractivity contribution in [2.45, 2.75) is 19.8 Å². The van der Waals surface area contributed by atoms with Gasteiger partial charge >= 0.3 is 5.97 Å². The van der Waals surface area contributed by atoms with Gasteiger partial charge < -0.3 is 15.5 Å². The summed E-state index contributed by atoms with van der Waals surface area (Å²) >= 11 is 0. The zero-order chi connectivity index (χ0) is 17.2. The minimum atomic E-state index is -1.19. The normalized spacial score (nSPS) is 11.2. The molecule has 3 N–H and O–H groups in total. The zero-order valence-corrected chi connectivity index (χ0v) is 12.6. The first kappa shape index (κ1) is 17.9. The molecule has 1 aromatic rings. The molecule has 0 aromatic carbocycles. The largest absolute Gasteiger partial charge is 0.505 e. The van der Waals surface area contributed by atoms with Crippen molar-refractivity contribution in [3.63, 3.8) is 0 Å². The number of carbonyl (C=O) groups is 2. The van der Waals surface area contributed by atoms with E-state index >= 15 is 0 Å². The fourth-order valence-electron chi connectivity index (χ4n) is 1.77. The van der Waals surface area contributed by atoms with Crippen LogP contribution in [0.15, 0.2) is 30.5 Å². The molecule has 120 valence electrons. The van der Waals surface area contributed by atoms with Gasteiger partial charge in [-0.25, -0.2) is 4.98 Å². The van der Waals surface area contributed by atoms with E-state index in [4.69, 9.17) is 10.4 Å². The third kappa shape index (κ3) is 5.63. The fraction of sp³-hybridized carbons (Fsp3) is 0.250. The Morgan fingerprint density at radius 1 is 1.48 bits per heavy atom. The van der Waals surface area contributed by atoms with E-state index in [2.05, 4.69) is 10.3 Å². The summed E-state index contributed by atoms with van der Waals surface area (Å²) in [6.07, 6.45) is 7.66. The van der Waals surface area contributed by atoms with E-state index in [9.17, 15) is 14.7 Å². The highest BCUT2D eigenvalue weighted by Crippen LogP contribution is 2.23. The molecule has 1 heterocycles. The lowest BCUT2D eigenvalue weighted by molar-refractivity contribution is -0.135. The fourth-order valence-corrected chi connectivity index (χ4v) is 1.77. The number of aliphatic carboxylic acids is 1. The number of nitriles is 1. The van der Waals surface area contributed by atoms with Gasteiger partial charge in [-0.2, -0.15) is 5.26 Å². The Morgan fingerprint density at radius 2 is 2.22 bits per heavy atom. The minimum absolute atomic E-state index is 0.231. The molecule has 0 radical (unpaired) electrons. The first-order valence-corrected chi connectivity index (χ1v) is 6.91. The topological polar surface area (TPSA) is 123 Å². The maximum absolute atomic E-state index is 11.7. The second-order valence-corrected chi connectivity index (χ2v) is 4.50. The van der Waals surface area contributed by atoms with Crippen molar-refractivity contribution in [3.8, 4) is 11.8 Å². The summed E-state index contributed by atoms with van der Waals surface area (Å²) in [7, 11) is 0. The van der Waals surface area contributed by atoms with E-state index in [1.165, 1.54) is 12.3 Å². The summed E-state index contributed by atoms with van der Waals surface area (Å²) in [5, 5.41) is 29.0. The van der Waals surface area contributed by atoms with Gasteiger partial charge in [-0.3, -0.25) is 9.59 Å². The van der Waals surface area contributed by atoms with E-state index in [1.54, 1.807) is 18.2 Å². The Kier molecular flexibility index (Phi) is 7.01. The number of rotatable bonds is 7. The van der Waals surface area contributed by atoms with Crippen LogP contribution in [-0.4, -0.2) is 33.6 Å². The van der Waals surface area contributed by atoms with Crippen LogP contribution in [0.4, 0.5) is 0 Å². The Balaban J connectivity index is 2.95. The molecule has 0 bridgehead atoms. The van der Waals surface area contributed by atoms with Gasteiger partial charge in [0.05, 0.1) is 12.5 Å². The molecule has 0 spiro atoms. The van der Waals surface area contributed by atoms with Crippen molar-refractivity contribution >= 4 is 17.4 Å². The average Bonchev–Trinajstić information content (AvgIpc) is 2.52. The number of hydrogen-bond donors (Lipinski definition) is 3. The summed E-state index contributed by atoms with van der Waals surface area (Å²) < 4.78 is 0. The summed E-state index contributed by atoms with van der Waals surface area (Å²) in [6, 6.07) is 3.39. The van der Waals surface area contributed by atoms with Gasteiger partial charge in [-0.05, 0) is 23.6 Å². The van der Waals surface area contributed by atoms with Gasteiger partial charge in [0.2, 0.25) is 0 Å². The Labute approximate surface area is 133 Å². The highest BCUT2D eigenvalue weighted by Gasteiger charge is 2.15. The number of nitrogens with zero attached hydrogens (tertiary/aromatic N) is 2. The molecular weight excluding hydrogens is 298 g/mol. The zero-order valence-electron chi connectivity index (χ0n) is 12.6. The number of aromatic nitrogens is 1. The van der Waals surface area contributed by atoms with Crippen LogP contribution in [0.5, 0.6) is 5.75 Å². The van der Waals surface area contributed by atoms with Crippen LogP contribution in [0.25, 0.3) is 5.57 Å². The van der Waals surface area contributed by atoms with Crippen LogP contribution >= 0.6 is 0 Å². The first-order valence-electron chi connectivity index (χ1n) is 6.91. The summed E-state index contributed by atoms with van der Waals surface area (Å²) in [5.74, 6) is -2.27. The third-order valence-electron chi connectivity index (χ3n) is 2.88. The number of aromatic hydroxyl groups is 1. The second-order valence-electron chi connectivity index (χ2n) is 4.50. The molecule has 1 aromatic heterocycles. The smallest absolute Gasteiger partial charge is 0.322 e. The summed E-state index contributed by atoms with van der Waals surface area (Å²) in [6.45, 7) is 1.37. The lowest BCUT2D eigenvalue weighted by atomic mass is 10.0. The van der Waals surface area contributed by atoms with Crippen LogP contribution in [0.2, 0.25) is 0 Å². The van der Waals surface area contributed by atoms with Crippen molar-refractivity contribution in [1.29, 1.82) is 5.26 Å². The Hall–Kier alpha value is -3.14. The number of carbonyl (C=O) groups excluding carboxylic acids is 1. The van der Waals surface area contributed by atoms with Crippen molar-refractivity contribution in [2.75, 3.05) is 6.54 Å². The molecule has 1 rings (SSSR count). The van der Waals surface area contributed by atoms with E-state index < -0.39 is 18.4 Å². The lowest BCUT2D eigenvalue weighted by Gasteiger charge is -2.08. The third-order valence-corrected chi connectivity index (χ3v) is 2.88. The van der Waals surface area contributed by atoms with Crippen molar-refractivity contribution < 1.29 is 19.8 Å². The maximum Gasteiger partial charge on any atom is 0.322 e. The van der Waals surface area contributed by atoms with E-state index in [0.717, 1.165) is 5.57 Å². The highest BCUT2D eigenvalue weighted by molar-refractivity contribution is 5.96. The monoisotopic (exact) mass is 315 g/mol. The molecular formula is C16H17N3O4. The summed E-state index contributed by atoms with van der Waals surface area (Å²) in [4.78, 5) is 26.0. The van der Waals surface area contributed by atoms with Crippen LogP contribution in [0, 0.1) is 11.3 Å². The number of pyridine rings is 1. The number of hydrogen-bond acceptors (Lipinski definition) is 5. The molecule has 23 heavy (non-hydrogen) atoms. The molecule has 0 saturated carbocycles. The predicted molar refractivity (Wildman–Crippen MR) is 83.5 cm³/mol. The number of allylic oxidation sites excluding steroid dienone is 4. The maximum atomic E-state index is 11.7. The molecule has 0 aliphatic rings. The lowest BCUT2D eigenvalue weighted by Crippen LogP contribution is -2.29. The Morgan fingerprint density at radius 3 is 2.78 bits per heavy atom. The number of nitrogens with one attached hydrogen (secondary N) is 1. The quantitative estimate of drug-likeness (QED) is 0.660. The van der Waals surface area contributed by atoms with E-state index in [0.29, 0.717) is 18.4 Å². The molecule has 0 aliphatic heterocycles. The highest BCUT2D eigenvalue weighted by atomic mass is 16.4. The van der Waals surface area contributed by atoms with Crippen LogP contribution < -0.4 is 5.32 Å². The molecule has 0 unspecified atom stereocenters. The molecule has 0 fully saturated rings. The van der Waals surface area contributed by atoms with Crippen LogP contribution in [0.3, 0.4) is 0 Å². The van der Waals surface area contributed by atoms with Gasteiger partial charge in [-0.15, -0.1) is 0 Å². The minimum Gasteiger partial charge on any atom is -0.505 e. The van der Waals surface area contributed by atoms with E-state index in [1.807, 2.05) is 13.0 Å². The first-order chi connectivity index (χ1) is 11.0. The molecule has 7 heteroatoms. The summed E-state index contributed by atoms with van der Waals surface area (Å²) in [5.41, 5.74) is 1.28. The second kappa shape index (κ2) is 9.00. The number of carboxylic acids is 1. The van der Waals surface area contributed by atoms with E-state index in [-0.39, 0.29) is 11.4 Å². The van der Waals surface area contributed by atoms with Gasteiger partial charge in [0, 0.05) is 6.20 Å². The van der Waals surface area contributed by atoms with Crippen molar-refractivity contribution in [3.05, 3.63) is 41.7 Å². The molecule has 1 amide bonds. The predicted octanol–water partition coefficient (Wildman–Crippen LogP) is 1.86. The SMILES string of the molecule is CC/C(=C\C=C/CC#N)c1cnc(C(=O)NCC(=O)O)c(O)c1. The Bertz CT molecular complexity index is 687. The van der Waals surface area contributed by atoms with Crippen LogP contribution in [0.1, 0.15) is 35.8 Å². The standard InChI is InChI=1S/C16H17N3O4/c1-2-11(6-4-3-5-7-17)12-8-13(20)15(18-9-12)16(23)19-10-14(21)22/h3-4,6,8-9,20H,2,5,10H2,1H3,(H,19,23)(H,21,22)/b4-3-,11-6+. The van der Waals surface area contributed by atoms with Crippen LogP contribution in [-0.2, 0) is 4.79 Å². The van der Waals surface area contributed by atoms with Crippen molar-refractivity contribution in [1.82, 2.24) is 10.3 Å². The molecule has 7 nitrogen and oxygen atoms in total. The van der Waals surface area contributed by atoms with Crippen molar-refractivity contribution in [2.24, 2.45) is 0 Å². The van der Waals surface area contributed by atoms with Gasteiger partial charge in [0.1, 0.15) is 12.3 Å². The van der Waals surface area contributed by atoms with Gasteiger partial charge in [0.15, 0.2) is 5.69 Å². The number of carboxylic acid groups (broad SMARTS) is 1. The number of amides is 1.